The van der Waals surface area contributed by atoms with Crippen molar-refractivity contribution in [2.45, 2.75) is 24.5 Å². The van der Waals surface area contributed by atoms with Crippen molar-refractivity contribution < 1.29 is 44.0 Å². The molecule has 0 bridgehead atoms. The Labute approximate surface area is 188 Å². The van der Waals surface area contributed by atoms with Crippen LogP contribution in [0.15, 0.2) is 6.07 Å². The van der Waals surface area contributed by atoms with Gasteiger partial charge in [-0.05, 0) is 32.9 Å². The number of aromatic hydroxyl groups is 2. The van der Waals surface area contributed by atoms with Gasteiger partial charge >= 0.3 is 0 Å². The Morgan fingerprint density at radius 3 is 2.36 bits per heavy atom. The van der Waals surface area contributed by atoms with Crippen molar-refractivity contribution in [1.29, 1.82) is 0 Å². The summed E-state index contributed by atoms with van der Waals surface area (Å²) < 4.78 is 5.24. The second-order valence-corrected chi connectivity index (χ2v) is 9.09. The summed E-state index contributed by atoms with van der Waals surface area (Å²) in [7, 11) is 4.34. The first-order chi connectivity index (χ1) is 15.4. The molecule has 0 heterocycles. The number of fused-ring (bicyclic) bond motifs is 3. The van der Waals surface area contributed by atoms with Gasteiger partial charge in [0.25, 0.3) is 0 Å². The average molecular weight is 460 g/mol. The summed E-state index contributed by atoms with van der Waals surface area (Å²) >= 11 is 0. The predicted octanol–water partition coefficient (Wildman–Crippen LogP) is -1.42. The van der Waals surface area contributed by atoms with E-state index in [1.165, 1.54) is 26.1 Å². The molecule has 1 amide bonds. The van der Waals surface area contributed by atoms with Gasteiger partial charge in [0.05, 0.1) is 24.6 Å². The number of hydrogen-bond acceptors (Lipinski definition) is 10. The van der Waals surface area contributed by atoms with Gasteiger partial charge < -0.3 is 25.8 Å². The molecule has 3 aliphatic rings. The highest BCUT2D eigenvalue weighted by Gasteiger charge is 2.69. The predicted molar refractivity (Wildman–Crippen MR) is 110 cm³/mol. The van der Waals surface area contributed by atoms with Crippen LogP contribution in [0.3, 0.4) is 0 Å². The number of hydrogen-bond donors (Lipinski definition) is 4. The highest BCUT2D eigenvalue weighted by Crippen LogP contribution is 2.52. The Bertz CT molecular complexity index is 1130. The van der Waals surface area contributed by atoms with Crippen LogP contribution in [0, 0.1) is 23.7 Å². The largest absolute Gasteiger partial charge is 0.504 e. The lowest BCUT2D eigenvalue weighted by atomic mass is 9.52. The number of phenolic OH excluding ortho intramolecular Hbond substituents is 2. The van der Waals surface area contributed by atoms with E-state index in [1.54, 1.807) is 0 Å². The number of methoxy groups -OCH3 is 1. The molecule has 0 saturated heterocycles. The molecule has 33 heavy (non-hydrogen) atoms. The van der Waals surface area contributed by atoms with Crippen molar-refractivity contribution in [3.05, 3.63) is 17.2 Å². The Balaban J connectivity index is 1.90. The Morgan fingerprint density at radius 1 is 1.18 bits per heavy atom. The van der Waals surface area contributed by atoms with Crippen LogP contribution in [0.5, 0.6) is 17.2 Å². The minimum Gasteiger partial charge on any atom is -0.504 e. The van der Waals surface area contributed by atoms with Crippen LogP contribution in [0.1, 0.15) is 22.3 Å². The van der Waals surface area contributed by atoms with E-state index >= 15 is 0 Å². The Hall–Kier alpha value is -3.31. The molecular formula is C22H24N2O9. The molecule has 1 aromatic carbocycles. The smallest absolute Gasteiger partial charge is 0.235 e. The standard InChI is InChI=1S/C22H24N2O9/c1-24(2)15-9-5-7-4-8-11(33-3)6-10(25)16(26)13(8)17(27)12(7)19(29)22(9,32)20(30)14(18(15)28)21(23)31/h6-7,9,12,14-15,25-26,32H,4-5H2,1-3H3,(H2,23,31)/t7-,9-,12?,14?,15-,22-/m0/s1. The van der Waals surface area contributed by atoms with E-state index in [2.05, 4.69) is 0 Å². The van der Waals surface area contributed by atoms with Crippen LogP contribution >= 0.6 is 0 Å². The summed E-state index contributed by atoms with van der Waals surface area (Å²) in [6.07, 6.45) is -0.00244. The van der Waals surface area contributed by atoms with E-state index in [-0.39, 0.29) is 29.7 Å². The zero-order valence-electron chi connectivity index (χ0n) is 18.2. The van der Waals surface area contributed by atoms with Gasteiger partial charge in [0.2, 0.25) is 5.91 Å². The number of rotatable bonds is 3. The molecule has 176 valence electrons. The molecule has 0 aromatic heterocycles. The van der Waals surface area contributed by atoms with Crippen molar-refractivity contribution >= 4 is 29.0 Å². The fourth-order valence-corrected chi connectivity index (χ4v) is 5.81. The van der Waals surface area contributed by atoms with E-state index in [0.29, 0.717) is 0 Å². The number of ketones is 4. The van der Waals surface area contributed by atoms with Gasteiger partial charge in [0, 0.05) is 17.5 Å². The van der Waals surface area contributed by atoms with E-state index in [1.807, 2.05) is 0 Å². The van der Waals surface area contributed by atoms with Crippen molar-refractivity contribution in [3.63, 3.8) is 0 Å². The van der Waals surface area contributed by atoms with Gasteiger partial charge in [-0.3, -0.25) is 28.9 Å². The van der Waals surface area contributed by atoms with Crippen LogP contribution in [0.25, 0.3) is 0 Å². The van der Waals surface area contributed by atoms with Crippen LogP contribution in [-0.4, -0.2) is 82.1 Å². The SMILES string of the molecule is COc1cc(O)c(O)c2c1C[C@H]1C[C@H]3[C@H](N(C)C)C(=O)C(C(N)=O)C(=O)[C@@]3(O)C(=O)C1C2=O. The summed E-state index contributed by atoms with van der Waals surface area (Å²) in [6, 6.07) is -0.0158. The number of ether oxygens (including phenoxy) is 1. The highest BCUT2D eigenvalue weighted by molar-refractivity contribution is 6.32. The van der Waals surface area contributed by atoms with Gasteiger partial charge in [0.15, 0.2) is 46.2 Å². The van der Waals surface area contributed by atoms with Crippen LogP contribution in [0.4, 0.5) is 0 Å². The molecule has 0 aliphatic heterocycles. The normalized spacial score (nSPS) is 33.4. The average Bonchev–Trinajstić information content (AvgIpc) is 2.72. The molecule has 2 fully saturated rings. The lowest BCUT2D eigenvalue weighted by molar-refractivity contribution is -0.181. The maximum Gasteiger partial charge on any atom is 0.235 e. The number of carbonyl (C=O) groups is 5. The summed E-state index contributed by atoms with van der Waals surface area (Å²) in [5.41, 5.74) is 2.44. The number of phenols is 2. The lowest BCUT2D eigenvalue weighted by Crippen LogP contribution is -2.74. The number of amides is 1. The van der Waals surface area contributed by atoms with Crippen molar-refractivity contribution in [3.8, 4) is 17.2 Å². The molecule has 4 rings (SSSR count). The molecule has 2 saturated carbocycles. The summed E-state index contributed by atoms with van der Waals surface area (Å²) in [4.78, 5) is 66.4. The van der Waals surface area contributed by atoms with Crippen molar-refractivity contribution in [1.82, 2.24) is 4.90 Å². The maximum atomic E-state index is 13.6. The fraction of sp³-hybridized carbons (Fsp3) is 0.500. The molecule has 0 radical (unpaired) electrons. The molecule has 2 unspecified atom stereocenters. The molecule has 0 spiro atoms. The first kappa shape index (κ1) is 22.9. The van der Waals surface area contributed by atoms with Gasteiger partial charge in [-0.25, -0.2) is 0 Å². The van der Waals surface area contributed by atoms with E-state index in [9.17, 15) is 39.3 Å². The zero-order chi connectivity index (χ0) is 24.6. The van der Waals surface area contributed by atoms with Crippen LogP contribution in [0.2, 0.25) is 0 Å². The van der Waals surface area contributed by atoms with Crippen molar-refractivity contribution in [2.24, 2.45) is 29.4 Å². The summed E-state index contributed by atoms with van der Waals surface area (Å²) in [5, 5.41) is 31.8. The number of nitrogens with two attached hydrogens (primary N) is 1. The molecule has 3 aliphatic carbocycles. The van der Waals surface area contributed by atoms with Gasteiger partial charge in [-0.2, -0.15) is 0 Å². The number of primary amides is 1. The van der Waals surface area contributed by atoms with Gasteiger partial charge in [0.1, 0.15) is 5.75 Å². The maximum absolute atomic E-state index is 13.6. The Morgan fingerprint density at radius 2 is 1.82 bits per heavy atom. The molecule has 1 aromatic rings. The number of nitrogens with zero attached hydrogens (tertiary/aromatic N) is 1. The monoisotopic (exact) mass is 460 g/mol. The summed E-state index contributed by atoms with van der Waals surface area (Å²) in [6.45, 7) is 0. The highest BCUT2D eigenvalue weighted by atomic mass is 16.5. The van der Waals surface area contributed by atoms with Crippen LogP contribution < -0.4 is 10.5 Å². The number of likely N-dealkylation sites (N-methyl/N-ethyl adjacent to an activating group) is 1. The molecule has 11 nitrogen and oxygen atoms in total. The lowest BCUT2D eigenvalue weighted by Gasteiger charge is -2.52. The second kappa shape index (κ2) is 7.35. The molecule has 5 N–H and O–H groups in total. The minimum atomic E-state index is -2.78. The quantitative estimate of drug-likeness (QED) is 0.308. The molecular weight excluding hydrogens is 436 g/mol. The van der Waals surface area contributed by atoms with Gasteiger partial charge in [-0.15, -0.1) is 0 Å². The minimum absolute atomic E-state index is 0.0584. The first-order valence-electron chi connectivity index (χ1n) is 10.3. The zero-order valence-corrected chi connectivity index (χ0v) is 18.2. The number of aliphatic hydroxyl groups is 1. The molecule has 11 heteroatoms. The topological polar surface area (TPSA) is 185 Å². The third kappa shape index (κ3) is 2.85. The van der Waals surface area contributed by atoms with E-state index in [0.717, 1.165) is 6.07 Å². The third-order valence-corrected chi connectivity index (χ3v) is 7.22. The van der Waals surface area contributed by atoms with Crippen LogP contribution in [-0.2, 0) is 25.6 Å². The second-order valence-electron chi connectivity index (χ2n) is 9.09. The van der Waals surface area contributed by atoms with Gasteiger partial charge in [-0.1, -0.05) is 0 Å². The van der Waals surface area contributed by atoms with E-state index in [4.69, 9.17) is 10.5 Å². The number of carbonyl (C=O) groups excluding carboxylic acids is 5. The number of Topliss-reactive ketones (excluding diaryl/α,β-unsaturated/α-hetero) is 4. The fourth-order valence-electron chi connectivity index (χ4n) is 5.81. The third-order valence-electron chi connectivity index (χ3n) is 7.22. The Kier molecular flexibility index (Phi) is 5.10. The van der Waals surface area contributed by atoms with Crippen molar-refractivity contribution in [2.75, 3.05) is 21.2 Å². The number of benzene rings is 1. The first-order valence-corrected chi connectivity index (χ1v) is 10.3. The summed E-state index contributed by atoms with van der Waals surface area (Å²) in [5.74, 6) is -12.1. The van der Waals surface area contributed by atoms with E-state index < -0.39 is 75.9 Å². The molecule has 6 atom stereocenters.